The zero-order valence-electron chi connectivity index (χ0n) is 35.6. The fourth-order valence-electron chi connectivity index (χ4n) is 7.59. The van der Waals surface area contributed by atoms with Gasteiger partial charge in [0.05, 0.1) is 18.8 Å². The van der Waals surface area contributed by atoms with E-state index in [1.54, 1.807) is 0 Å². The molecule has 0 spiro atoms. The Balaban J connectivity index is 3.46. The van der Waals surface area contributed by atoms with E-state index < -0.39 is 12.1 Å². The first-order chi connectivity index (χ1) is 25.7. The van der Waals surface area contributed by atoms with Crippen molar-refractivity contribution in [2.24, 2.45) is 0 Å². The van der Waals surface area contributed by atoms with E-state index in [-0.39, 0.29) is 12.5 Å². The van der Waals surface area contributed by atoms with Gasteiger partial charge in [-0.05, 0) is 38.5 Å². The number of allylic oxidation sites excluding steroid dienone is 2. The van der Waals surface area contributed by atoms with Crippen LogP contribution in [0.3, 0.4) is 0 Å². The number of rotatable bonds is 44. The maximum atomic E-state index is 12.4. The van der Waals surface area contributed by atoms with E-state index in [4.69, 9.17) is 0 Å². The summed E-state index contributed by atoms with van der Waals surface area (Å²) < 4.78 is 0. The molecule has 0 bridgehead atoms. The summed E-state index contributed by atoms with van der Waals surface area (Å²) in [5.74, 6) is -0.0361. The minimum absolute atomic E-state index is 0.0361. The third-order valence-corrected chi connectivity index (χ3v) is 11.3. The first kappa shape index (κ1) is 51.1. The maximum Gasteiger partial charge on any atom is 0.220 e. The van der Waals surface area contributed by atoms with Crippen molar-refractivity contribution >= 4 is 5.91 Å². The van der Waals surface area contributed by atoms with Crippen molar-refractivity contribution in [2.75, 3.05) is 6.61 Å². The minimum Gasteiger partial charge on any atom is -0.394 e. The molecule has 0 aliphatic rings. The number of nitrogens with one attached hydrogen (secondary N) is 1. The molecule has 0 aliphatic heterocycles. The smallest absolute Gasteiger partial charge is 0.220 e. The van der Waals surface area contributed by atoms with E-state index in [1.807, 2.05) is 0 Å². The zero-order chi connectivity index (χ0) is 37.8. The van der Waals surface area contributed by atoms with Crippen molar-refractivity contribution in [2.45, 2.75) is 283 Å². The Morgan fingerprint density at radius 1 is 0.442 bits per heavy atom. The number of carbonyl (C=O) groups is 1. The highest BCUT2D eigenvalue weighted by atomic mass is 16.3. The van der Waals surface area contributed by atoms with E-state index in [0.29, 0.717) is 12.8 Å². The van der Waals surface area contributed by atoms with Crippen molar-refractivity contribution in [3.05, 3.63) is 12.2 Å². The molecule has 0 saturated carbocycles. The molecule has 0 saturated heterocycles. The molecule has 4 nitrogen and oxygen atoms in total. The van der Waals surface area contributed by atoms with Crippen LogP contribution in [0.4, 0.5) is 0 Å². The topological polar surface area (TPSA) is 69.6 Å². The van der Waals surface area contributed by atoms with Gasteiger partial charge in [0.2, 0.25) is 5.91 Å². The predicted octanol–water partition coefficient (Wildman–Crippen LogP) is 15.0. The van der Waals surface area contributed by atoms with Crippen LogP contribution in [0.5, 0.6) is 0 Å². The van der Waals surface area contributed by atoms with Gasteiger partial charge in [-0.1, -0.05) is 238 Å². The highest BCUT2D eigenvalue weighted by molar-refractivity contribution is 5.76. The summed E-state index contributed by atoms with van der Waals surface area (Å²) in [6.07, 6.45) is 55.9. The average Bonchev–Trinajstić information content (AvgIpc) is 3.15. The quantitative estimate of drug-likeness (QED) is 0.0431. The maximum absolute atomic E-state index is 12.4. The van der Waals surface area contributed by atoms with Gasteiger partial charge in [0.15, 0.2) is 0 Å². The predicted molar refractivity (Wildman–Crippen MR) is 230 cm³/mol. The normalized spacial score (nSPS) is 12.9. The van der Waals surface area contributed by atoms with Gasteiger partial charge >= 0.3 is 0 Å². The molecule has 0 rings (SSSR count). The van der Waals surface area contributed by atoms with E-state index in [1.165, 1.54) is 218 Å². The molecule has 0 radical (unpaired) electrons. The lowest BCUT2D eigenvalue weighted by Gasteiger charge is -2.22. The fraction of sp³-hybridized carbons (Fsp3) is 0.938. The molecule has 2 atom stereocenters. The number of hydrogen-bond acceptors (Lipinski definition) is 3. The van der Waals surface area contributed by atoms with Gasteiger partial charge in [-0.2, -0.15) is 0 Å². The molecular formula is C48H95NO3. The first-order valence-corrected chi connectivity index (χ1v) is 23.9. The first-order valence-electron chi connectivity index (χ1n) is 23.9. The SMILES string of the molecule is CCCCCCCCC/C=C\CCCCCCCC(=O)NC(CO)C(O)CCCCCCCCCCCCCCCCCCCCCCCCCC. The molecule has 52 heavy (non-hydrogen) atoms. The van der Waals surface area contributed by atoms with Crippen LogP contribution in [-0.4, -0.2) is 34.9 Å². The van der Waals surface area contributed by atoms with Gasteiger partial charge in [0.25, 0.3) is 0 Å². The van der Waals surface area contributed by atoms with Gasteiger partial charge < -0.3 is 15.5 Å². The van der Waals surface area contributed by atoms with Gasteiger partial charge in [-0.3, -0.25) is 4.79 Å². The van der Waals surface area contributed by atoms with Crippen LogP contribution >= 0.6 is 0 Å². The molecule has 2 unspecified atom stereocenters. The van der Waals surface area contributed by atoms with Crippen LogP contribution in [0.1, 0.15) is 271 Å². The van der Waals surface area contributed by atoms with E-state index in [9.17, 15) is 15.0 Å². The summed E-state index contributed by atoms with van der Waals surface area (Å²) in [6, 6.07) is -0.537. The second-order valence-corrected chi connectivity index (χ2v) is 16.5. The Bertz CT molecular complexity index is 710. The van der Waals surface area contributed by atoms with Crippen LogP contribution in [0, 0.1) is 0 Å². The molecule has 4 heteroatoms. The molecule has 0 aromatic rings. The summed E-state index contributed by atoms with van der Waals surface area (Å²) in [6.45, 7) is 4.37. The Hall–Kier alpha value is -0.870. The van der Waals surface area contributed by atoms with Crippen molar-refractivity contribution in [3.63, 3.8) is 0 Å². The summed E-state index contributed by atoms with van der Waals surface area (Å²) in [5.41, 5.74) is 0. The van der Waals surface area contributed by atoms with E-state index >= 15 is 0 Å². The number of hydrogen-bond donors (Lipinski definition) is 3. The minimum atomic E-state index is -0.660. The summed E-state index contributed by atoms with van der Waals surface area (Å²) in [4.78, 5) is 12.4. The van der Waals surface area contributed by atoms with Crippen LogP contribution in [0.25, 0.3) is 0 Å². The number of aliphatic hydroxyl groups is 2. The van der Waals surface area contributed by atoms with Crippen molar-refractivity contribution in [1.82, 2.24) is 5.32 Å². The summed E-state index contributed by atoms with van der Waals surface area (Å²) >= 11 is 0. The Labute approximate surface area is 327 Å². The summed E-state index contributed by atoms with van der Waals surface area (Å²) in [7, 11) is 0. The number of aliphatic hydroxyl groups excluding tert-OH is 2. The van der Waals surface area contributed by atoms with Crippen molar-refractivity contribution < 1.29 is 15.0 Å². The number of unbranched alkanes of at least 4 members (excludes halogenated alkanes) is 35. The molecule has 310 valence electrons. The van der Waals surface area contributed by atoms with Gasteiger partial charge in [-0.25, -0.2) is 0 Å². The lowest BCUT2D eigenvalue weighted by molar-refractivity contribution is -0.123. The molecule has 0 aliphatic carbocycles. The fourth-order valence-corrected chi connectivity index (χ4v) is 7.59. The van der Waals surface area contributed by atoms with Gasteiger partial charge in [0, 0.05) is 6.42 Å². The molecule has 0 fully saturated rings. The van der Waals surface area contributed by atoms with Crippen LogP contribution in [0.2, 0.25) is 0 Å². The third-order valence-electron chi connectivity index (χ3n) is 11.3. The van der Waals surface area contributed by atoms with Crippen LogP contribution in [-0.2, 0) is 4.79 Å². The Morgan fingerprint density at radius 2 is 0.731 bits per heavy atom. The average molecular weight is 734 g/mol. The molecule has 3 N–H and O–H groups in total. The number of carbonyl (C=O) groups excluding carboxylic acids is 1. The van der Waals surface area contributed by atoms with Gasteiger partial charge in [-0.15, -0.1) is 0 Å². The second-order valence-electron chi connectivity index (χ2n) is 16.5. The third kappa shape index (κ3) is 40.3. The molecular weight excluding hydrogens is 639 g/mol. The molecule has 0 aromatic heterocycles. The molecule has 0 heterocycles. The highest BCUT2D eigenvalue weighted by Crippen LogP contribution is 2.17. The largest absolute Gasteiger partial charge is 0.394 e. The second kappa shape index (κ2) is 44.5. The lowest BCUT2D eigenvalue weighted by Crippen LogP contribution is -2.45. The Morgan fingerprint density at radius 3 is 1.06 bits per heavy atom. The summed E-state index contributed by atoms with van der Waals surface area (Å²) in [5, 5.41) is 23.2. The molecule has 0 aromatic carbocycles. The van der Waals surface area contributed by atoms with E-state index in [0.717, 1.165) is 25.7 Å². The van der Waals surface area contributed by atoms with Crippen LogP contribution < -0.4 is 5.32 Å². The van der Waals surface area contributed by atoms with E-state index in [2.05, 4.69) is 31.3 Å². The highest BCUT2D eigenvalue weighted by Gasteiger charge is 2.20. The number of amides is 1. The van der Waals surface area contributed by atoms with Crippen molar-refractivity contribution in [1.29, 1.82) is 0 Å². The van der Waals surface area contributed by atoms with Crippen LogP contribution in [0.15, 0.2) is 12.2 Å². The zero-order valence-corrected chi connectivity index (χ0v) is 35.6. The lowest BCUT2D eigenvalue weighted by atomic mass is 10.0. The monoisotopic (exact) mass is 734 g/mol. The van der Waals surface area contributed by atoms with Gasteiger partial charge in [0.1, 0.15) is 0 Å². The molecule has 1 amide bonds. The standard InChI is InChI=1S/C48H95NO3/c1-3-5-7-9-11-13-15-17-19-21-22-23-24-25-26-27-28-29-31-33-35-37-39-41-43-47(51)46(45-50)49-48(52)44-42-40-38-36-34-32-30-20-18-16-14-12-10-8-6-4-2/h20,30,46-47,50-51H,3-19,21-29,31-45H2,1-2H3,(H,49,52)/b30-20-. The Kier molecular flexibility index (Phi) is 43.8. The van der Waals surface area contributed by atoms with Crippen molar-refractivity contribution in [3.8, 4) is 0 Å².